The molecule has 1 aliphatic rings. The van der Waals surface area contributed by atoms with E-state index >= 15 is 0 Å². The number of carbonyl (C=O) groups excluding carboxylic acids is 1. The third-order valence-corrected chi connectivity index (χ3v) is 5.07. The van der Waals surface area contributed by atoms with Crippen molar-refractivity contribution in [2.75, 3.05) is 12.9 Å². The zero-order valence-corrected chi connectivity index (χ0v) is 17.3. The van der Waals surface area contributed by atoms with Gasteiger partial charge < -0.3 is 9.47 Å². The lowest BCUT2D eigenvalue weighted by molar-refractivity contribution is -0.419. The Hall–Kier alpha value is -3.21. The van der Waals surface area contributed by atoms with E-state index in [2.05, 4.69) is 4.99 Å². The van der Waals surface area contributed by atoms with Gasteiger partial charge in [0.05, 0.1) is 34.6 Å². The molecule has 1 atom stereocenters. The number of rotatable bonds is 7. The molecule has 1 heterocycles. The van der Waals surface area contributed by atoms with Crippen LogP contribution < -0.4 is 10.6 Å². The monoisotopic (exact) mass is 457 g/mol. The standard InChI is InChI=1S/C16H16ClN5O7S/c1-3-28-13(23)7-11-14(22(24)25)15(21(19)16(20-11)30(2,26)27)29-12-6-9(8-18)4-5-10(12)17/h4-6,16H,3,7,19H2,1-2H3. The quantitative estimate of drug-likeness (QED) is 0.268. The lowest BCUT2D eigenvalue weighted by Crippen LogP contribution is -2.50. The van der Waals surface area contributed by atoms with E-state index in [1.54, 1.807) is 0 Å². The summed E-state index contributed by atoms with van der Waals surface area (Å²) in [5.74, 6) is 4.02. The van der Waals surface area contributed by atoms with Gasteiger partial charge in [0, 0.05) is 12.3 Å². The van der Waals surface area contributed by atoms with Crippen LogP contribution in [-0.2, 0) is 19.4 Å². The first kappa shape index (κ1) is 23.1. The summed E-state index contributed by atoms with van der Waals surface area (Å²) in [7, 11) is -4.01. The highest BCUT2D eigenvalue weighted by Crippen LogP contribution is 2.31. The van der Waals surface area contributed by atoms with Crippen LogP contribution in [0.3, 0.4) is 0 Å². The fourth-order valence-corrected chi connectivity index (χ4v) is 3.41. The zero-order chi connectivity index (χ0) is 22.6. The van der Waals surface area contributed by atoms with Gasteiger partial charge in [-0.05, 0) is 19.1 Å². The molecule has 2 N–H and O–H groups in total. The lowest BCUT2D eigenvalue weighted by atomic mass is 10.2. The number of allylic oxidation sites excluding steroid dienone is 1. The number of carbonyl (C=O) groups is 1. The molecule has 0 saturated heterocycles. The van der Waals surface area contributed by atoms with Crippen molar-refractivity contribution in [1.82, 2.24) is 5.01 Å². The summed E-state index contributed by atoms with van der Waals surface area (Å²) in [4.78, 5) is 26.5. The molecule has 0 saturated carbocycles. The van der Waals surface area contributed by atoms with Crippen LogP contribution in [0, 0.1) is 21.4 Å². The maximum absolute atomic E-state index is 12.1. The minimum absolute atomic E-state index is 0.00204. The van der Waals surface area contributed by atoms with Gasteiger partial charge in [-0.3, -0.25) is 14.9 Å². The fraction of sp³-hybridized carbons (Fsp3) is 0.312. The number of nitriles is 1. The predicted molar refractivity (Wildman–Crippen MR) is 104 cm³/mol. The molecule has 1 unspecified atom stereocenters. The van der Waals surface area contributed by atoms with Crippen molar-refractivity contribution in [2.24, 2.45) is 10.8 Å². The van der Waals surface area contributed by atoms with Crippen molar-refractivity contribution < 1.29 is 27.6 Å². The summed E-state index contributed by atoms with van der Waals surface area (Å²) in [6, 6.07) is 5.73. The molecule has 12 nitrogen and oxygen atoms in total. The summed E-state index contributed by atoms with van der Waals surface area (Å²) in [5, 5.41) is 21.2. The van der Waals surface area contributed by atoms with Crippen LogP contribution in [-0.4, -0.2) is 48.4 Å². The smallest absolute Gasteiger partial charge is 0.352 e. The zero-order valence-electron chi connectivity index (χ0n) is 15.7. The van der Waals surface area contributed by atoms with Gasteiger partial charge in [0.2, 0.25) is 5.50 Å². The Labute approximate surface area is 176 Å². The summed E-state index contributed by atoms with van der Waals surface area (Å²) < 4.78 is 34.5. The van der Waals surface area contributed by atoms with E-state index in [9.17, 15) is 23.3 Å². The minimum Gasteiger partial charge on any atom is -0.466 e. The highest BCUT2D eigenvalue weighted by molar-refractivity contribution is 7.91. The molecular formula is C16H16ClN5O7S. The number of ether oxygens (including phenoxy) is 2. The number of hydrogen-bond donors (Lipinski definition) is 1. The van der Waals surface area contributed by atoms with Crippen molar-refractivity contribution in [3.8, 4) is 11.8 Å². The number of nitrogens with zero attached hydrogens (tertiary/aromatic N) is 4. The number of esters is 1. The molecule has 0 bridgehead atoms. The van der Waals surface area contributed by atoms with Crippen molar-refractivity contribution in [3.63, 3.8) is 0 Å². The van der Waals surface area contributed by atoms with Gasteiger partial charge in [0.1, 0.15) is 11.5 Å². The Kier molecular flexibility index (Phi) is 6.98. The van der Waals surface area contributed by atoms with Gasteiger partial charge >= 0.3 is 11.7 Å². The van der Waals surface area contributed by atoms with Crippen LogP contribution in [0.2, 0.25) is 5.02 Å². The number of hydrazine groups is 1. The topological polar surface area (TPSA) is 178 Å². The molecule has 0 aromatic heterocycles. The summed E-state index contributed by atoms with van der Waals surface area (Å²) in [6.07, 6.45) is 0.115. The van der Waals surface area contributed by atoms with Crippen LogP contribution in [0.15, 0.2) is 34.8 Å². The van der Waals surface area contributed by atoms with Crippen LogP contribution >= 0.6 is 11.6 Å². The molecule has 0 amide bonds. The number of aliphatic imine (C=N–C) groups is 1. The minimum atomic E-state index is -4.01. The Morgan fingerprint density at radius 1 is 1.50 bits per heavy atom. The second-order valence-corrected chi connectivity index (χ2v) is 8.38. The Morgan fingerprint density at radius 2 is 2.17 bits per heavy atom. The predicted octanol–water partition coefficient (Wildman–Crippen LogP) is 0.948. The number of nitrogens with two attached hydrogens (primary N) is 1. The van der Waals surface area contributed by atoms with E-state index in [0.29, 0.717) is 5.01 Å². The molecule has 30 heavy (non-hydrogen) atoms. The van der Waals surface area contributed by atoms with E-state index in [4.69, 9.17) is 32.2 Å². The van der Waals surface area contributed by atoms with Gasteiger partial charge in [-0.1, -0.05) is 11.6 Å². The molecular weight excluding hydrogens is 442 g/mol. The second kappa shape index (κ2) is 9.08. The molecule has 14 heteroatoms. The fourth-order valence-electron chi connectivity index (χ4n) is 2.42. The molecule has 1 aromatic rings. The van der Waals surface area contributed by atoms with Gasteiger partial charge in [-0.15, -0.1) is 0 Å². The van der Waals surface area contributed by atoms with E-state index < -0.39 is 49.9 Å². The molecule has 0 radical (unpaired) electrons. The van der Waals surface area contributed by atoms with Crippen LogP contribution in [0.1, 0.15) is 18.9 Å². The van der Waals surface area contributed by atoms with Crippen molar-refractivity contribution in [1.29, 1.82) is 5.26 Å². The second-order valence-electron chi connectivity index (χ2n) is 5.89. The van der Waals surface area contributed by atoms with E-state index in [-0.39, 0.29) is 22.9 Å². The first-order valence-corrected chi connectivity index (χ1v) is 10.5. The van der Waals surface area contributed by atoms with Gasteiger partial charge in [-0.2, -0.15) is 5.26 Å². The van der Waals surface area contributed by atoms with E-state index in [1.165, 1.54) is 25.1 Å². The molecule has 1 aromatic carbocycles. The molecule has 0 spiro atoms. The number of benzene rings is 1. The third-order valence-electron chi connectivity index (χ3n) is 3.66. The maximum Gasteiger partial charge on any atom is 0.352 e. The van der Waals surface area contributed by atoms with Crippen LogP contribution in [0.5, 0.6) is 5.75 Å². The SMILES string of the molecule is CCOC(=O)CC1=NC(S(C)(=O)=O)N(N)C(Oc2cc(C#N)ccc2Cl)=C1[N+](=O)[O-]. The summed E-state index contributed by atoms with van der Waals surface area (Å²) in [6.45, 7) is 1.53. The molecule has 0 aliphatic carbocycles. The Morgan fingerprint density at radius 3 is 2.70 bits per heavy atom. The molecule has 1 aliphatic heterocycles. The molecule has 160 valence electrons. The maximum atomic E-state index is 12.1. The van der Waals surface area contributed by atoms with E-state index in [0.717, 1.165) is 6.26 Å². The van der Waals surface area contributed by atoms with Gasteiger partial charge in [0.25, 0.3) is 5.88 Å². The first-order chi connectivity index (χ1) is 14.0. The third kappa shape index (κ3) is 5.03. The number of sulfone groups is 1. The van der Waals surface area contributed by atoms with Crippen LogP contribution in [0.4, 0.5) is 0 Å². The Bertz CT molecular complexity index is 1090. The summed E-state index contributed by atoms with van der Waals surface area (Å²) in [5.41, 5.74) is -3.03. The number of nitro groups is 1. The number of halogens is 1. The highest BCUT2D eigenvalue weighted by atomic mass is 35.5. The van der Waals surface area contributed by atoms with Gasteiger partial charge in [0.15, 0.2) is 9.84 Å². The Balaban J connectivity index is 2.66. The molecule has 2 rings (SSSR count). The van der Waals surface area contributed by atoms with Crippen molar-refractivity contribution in [3.05, 3.63) is 50.5 Å². The normalized spacial score (nSPS) is 16.6. The lowest BCUT2D eigenvalue weighted by Gasteiger charge is -2.30. The number of hydrogen-bond acceptors (Lipinski definition) is 11. The average Bonchev–Trinajstić information content (AvgIpc) is 2.64. The van der Waals surface area contributed by atoms with Gasteiger partial charge in [-0.25, -0.2) is 24.3 Å². The van der Waals surface area contributed by atoms with Crippen molar-refractivity contribution >= 4 is 33.1 Å². The first-order valence-electron chi connectivity index (χ1n) is 8.21. The van der Waals surface area contributed by atoms with E-state index in [1.807, 2.05) is 6.07 Å². The average molecular weight is 458 g/mol. The largest absolute Gasteiger partial charge is 0.466 e. The molecule has 0 fully saturated rings. The van der Waals surface area contributed by atoms with Crippen molar-refractivity contribution in [2.45, 2.75) is 18.8 Å². The summed E-state index contributed by atoms with van der Waals surface area (Å²) >= 11 is 6.03. The van der Waals surface area contributed by atoms with Crippen LogP contribution in [0.25, 0.3) is 0 Å². The highest BCUT2D eigenvalue weighted by Gasteiger charge is 2.43.